The SMILES string of the molecule is CC1CC12C(=O)N(c1ccc(S(=O)(=O)C(F)(F)F)cc1)C(=O)N2c1ccncc1C(=O)NN1CCOCC1. The van der Waals surface area contributed by atoms with Gasteiger partial charge in [-0.1, -0.05) is 6.92 Å². The highest BCUT2D eigenvalue weighted by atomic mass is 32.2. The maximum Gasteiger partial charge on any atom is 0.501 e. The lowest BCUT2D eigenvalue weighted by Crippen LogP contribution is -2.49. The molecule has 5 rings (SSSR count). The molecule has 3 aliphatic rings. The van der Waals surface area contributed by atoms with Crippen molar-refractivity contribution in [2.75, 3.05) is 36.1 Å². The summed E-state index contributed by atoms with van der Waals surface area (Å²) < 4.78 is 67.5. The number of morpholine rings is 1. The van der Waals surface area contributed by atoms with E-state index in [1.807, 2.05) is 0 Å². The number of alkyl halides is 3. The van der Waals surface area contributed by atoms with Crippen LogP contribution in [0.15, 0.2) is 47.6 Å². The molecule has 11 nitrogen and oxygen atoms in total. The monoisotopic (exact) mass is 553 g/mol. The summed E-state index contributed by atoms with van der Waals surface area (Å²) in [6.07, 6.45) is 2.95. The van der Waals surface area contributed by atoms with Crippen LogP contribution in [0.3, 0.4) is 0 Å². The Morgan fingerprint density at radius 3 is 2.34 bits per heavy atom. The Morgan fingerprint density at radius 1 is 1.13 bits per heavy atom. The summed E-state index contributed by atoms with van der Waals surface area (Å²) in [5.74, 6) is -1.45. The number of nitrogens with one attached hydrogen (secondary N) is 1. The van der Waals surface area contributed by atoms with Gasteiger partial charge < -0.3 is 4.74 Å². The summed E-state index contributed by atoms with van der Waals surface area (Å²) in [5.41, 5.74) is -3.96. The van der Waals surface area contributed by atoms with Crippen molar-refractivity contribution >= 4 is 39.1 Å². The van der Waals surface area contributed by atoms with Crippen molar-refractivity contribution in [3.63, 3.8) is 0 Å². The number of amides is 4. The Kier molecular flexibility index (Phi) is 6.19. The molecule has 202 valence electrons. The van der Waals surface area contributed by atoms with E-state index in [1.165, 1.54) is 23.4 Å². The van der Waals surface area contributed by atoms with Gasteiger partial charge in [0.15, 0.2) is 0 Å². The number of hydrogen-bond donors (Lipinski definition) is 1. The lowest BCUT2D eigenvalue weighted by Gasteiger charge is -2.28. The number of benzene rings is 1. The van der Waals surface area contributed by atoms with Crippen molar-refractivity contribution in [1.29, 1.82) is 0 Å². The highest BCUT2D eigenvalue weighted by molar-refractivity contribution is 7.92. The van der Waals surface area contributed by atoms with Crippen LogP contribution in [-0.2, 0) is 19.4 Å². The maximum atomic E-state index is 13.7. The Balaban J connectivity index is 1.49. The number of carbonyl (C=O) groups is 3. The van der Waals surface area contributed by atoms with Crippen molar-refractivity contribution < 1.29 is 40.7 Å². The molecule has 1 aliphatic carbocycles. The minimum atomic E-state index is -5.61. The molecule has 3 heterocycles. The van der Waals surface area contributed by atoms with Gasteiger partial charge in [0.25, 0.3) is 21.7 Å². The molecular formula is C23H22F3N5O6S. The molecule has 1 aromatic carbocycles. The summed E-state index contributed by atoms with van der Waals surface area (Å²) in [6.45, 7) is 3.53. The van der Waals surface area contributed by atoms with Crippen LogP contribution in [0.25, 0.3) is 0 Å². The molecule has 2 atom stereocenters. The summed E-state index contributed by atoms with van der Waals surface area (Å²) in [6, 6.07) is 3.94. The van der Waals surface area contributed by atoms with Gasteiger partial charge in [-0.05, 0) is 42.7 Å². The van der Waals surface area contributed by atoms with Gasteiger partial charge in [-0.15, -0.1) is 0 Å². The van der Waals surface area contributed by atoms with Crippen LogP contribution in [0.2, 0.25) is 0 Å². The second-order valence-electron chi connectivity index (χ2n) is 9.16. The Morgan fingerprint density at radius 2 is 1.76 bits per heavy atom. The van der Waals surface area contributed by atoms with Crippen LogP contribution in [0.5, 0.6) is 0 Å². The average Bonchev–Trinajstić information content (AvgIpc) is 3.49. The number of sulfone groups is 1. The first kappa shape index (κ1) is 26.1. The number of pyridine rings is 1. The summed E-state index contributed by atoms with van der Waals surface area (Å²) >= 11 is 0. The molecular weight excluding hydrogens is 531 g/mol. The van der Waals surface area contributed by atoms with Crippen molar-refractivity contribution in [2.24, 2.45) is 5.92 Å². The quantitative estimate of drug-likeness (QED) is 0.558. The van der Waals surface area contributed by atoms with Gasteiger partial charge in [-0.3, -0.25) is 24.9 Å². The number of carbonyl (C=O) groups excluding carboxylic acids is 3. The fourth-order valence-corrected chi connectivity index (χ4v) is 5.52. The molecule has 2 unspecified atom stereocenters. The van der Waals surface area contributed by atoms with Gasteiger partial charge in [0.2, 0.25) is 0 Å². The molecule has 38 heavy (non-hydrogen) atoms. The van der Waals surface area contributed by atoms with E-state index in [-0.39, 0.29) is 22.9 Å². The zero-order valence-corrected chi connectivity index (χ0v) is 20.8. The number of rotatable bonds is 5. The van der Waals surface area contributed by atoms with Crippen LogP contribution in [0.1, 0.15) is 23.7 Å². The largest absolute Gasteiger partial charge is 0.501 e. The topological polar surface area (TPSA) is 129 Å². The lowest BCUT2D eigenvalue weighted by atomic mass is 10.1. The second kappa shape index (κ2) is 9.03. The zero-order valence-electron chi connectivity index (χ0n) is 19.9. The Bertz CT molecular complexity index is 1410. The minimum Gasteiger partial charge on any atom is -0.379 e. The van der Waals surface area contributed by atoms with E-state index in [4.69, 9.17) is 4.74 Å². The molecule has 1 N–H and O–H groups in total. The van der Waals surface area contributed by atoms with Crippen molar-refractivity contribution in [3.8, 4) is 0 Å². The molecule has 0 bridgehead atoms. The molecule has 2 aromatic rings. The van der Waals surface area contributed by atoms with E-state index in [0.717, 1.165) is 17.0 Å². The number of aromatic nitrogens is 1. The number of ether oxygens (including phenoxy) is 1. The highest BCUT2D eigenvalue weighted by Crippen LogP contribution is 2.56. The highest BCUT2D eigenvalue weighted by Gasteiger charge is 2.71. The van der Waals surface area contributed by atoms with E-state index in [0.29, 0.717) is 44.9 Å². The standard InChI is InChI=1S/C23H22F3N5O6S/c1-14-12-22(14)20(33)30(15-2-4-16(5-3-15)38(35,36)23(24,25)26)21(34)31(22)18-6-7-27-13-17(18)19(32)28-29-8-10-37-11-9-29/h2-7,13-14H,8-12H2,1H3,(H,28,32). The number of anilines is 2. The predicted octanol–water partition coefficient (Wildman–Crippen LogP) is 2.10. The zero-order chi connectivity index (χ0) is 27.5. The van der Waals surface area contributed by atoms with Crippen LogP contribution < -0.4 is 15.2 Å². The number of halogens is 3. The number of imide groups is 1. The Hall–Kier alpha value is -3.56. The molecule has 1 saturated carbocycles. The number of hydrogen-bond acceptors (Lipinski definition) is 8. The maximum absolute atomic E-state index is 13.7. The van der Waals surface area contributed by atoms with Gasteiger partial charge in [0, 0.05) is 25.5 Å². The van der Waals surface area contributed by atoms with E-state index in [1.54, 1.807) is 11.9 Å². The van der Waals surface area contributed by atoms with Crippen molar-refractivity contribution in [1.82, 2.24) is 15.4 Å². The third-order valence-corrected chi connectivity index (χ3v) is 8.39. The van der Waals surface area contributed by atoms with Crippen LogP contribution >= 0.6 is 0 Å². The summed E-state index contributed by atoms with van der Waals surface area (Å²) in [5, 5.41) is 1.66. The van der Waals surface area contributed by atoms with Gasteiger partial charge >= 0.3 is 11.5 Å². The van der Waals surface area contributed by atoms with Crippen LogP contribution in [-0.4, -0.2) is 73.6 Å². The molecule has 3 fully saturated rings. The van der Waals surface area contributed by atoms with Crippen molar-refractivity contribution in [3.05, 3.63) is 48.3 Å². The van der Waals surface area contributed by atoms with E-state index < -0.39 is 43.6 Å². The summed E-state index contributed by atoms with van der Waals surface area (Å²) in [7, 11) is -5.61. The van der Waals surface area contributed by atoms with Gasteiger partial charge in [0.1, 0.15) is 5.54 Å². The number of urea groups is 1. The second-order valence-corrected chi connectivity index (χ2v) is 11.1. The predicted molar refractivity (Wildman–Crippen MR) is 126 cm³/mol. The fourth-order valence-electron chi connectivity index (χ4n) is 4.75. The molecule has 1 spiro atoms. The van der Waals surface area contributed by atoms with Crippen molar-refractivity contribution in [2.45, 2.75) is 29.3 Å². The van der Waals surface area contributed by atoms with Gasteiger partial charge in [0.05, 0.1) is 35.0 Å². The third kappa shape index (κ3) is 4.01. The van der Waals surface area contributed by atoms with Gasteiger partial charge in [-0.2, -0.15) is 13.2 Å². The molecule has 2 saturated heterocycles. The molecule has 0 radical (unpaired) electrons. The van der Waals surface area contributed by atoms with E-state index in [2.05, 4.69) is 10.4 Å². The first-order valence-corrected chi connectivity index (χ1v) is 13.1. The number of nitrogens with zero attached hydrogens (tertiary/aromatic N) is 4. The molecule has 15 heteroatoms. The van der Waals surface area contributed by atoms with Gasteiger partial charge in [-0.25, -0.2) is 23.1 Å². The smallest absolute Gasteiger partial charge is 0.379 e. The van der Waals surface area contributed by atoms with E-state index >= 15 is 0 Å². The fraction of sp³-hybridized carbons (Fsp3) is 0.391. The first-order valence-electron chi connectivity index (χ1n) is 11.6. The number of hydrazine groups is 1. The molecule has 1 aromatic heterocycles. The molecule has 2 aliphatic heterocycles. The first-order chi connectivity index (χ1) is 17.9. The van der Waals surface area contributed by atoms with E-state index in [9.17, 15) is 36.0 Å². The van der Waals surface area contributed by atoms with Crippen LogP contribution in [0.4, 0.5) is 29.3 Å². The molecule has 4 amide bonds. The third-order valence-electron chi connectivity index (χ3n) is 6.89. The average molecular weight is 554 g/mol. The minimum absolute atomic E-state index is 0.0482. The summed E-state index contributed by atoms with van der Waals surface area (Å²) in [4.78, 5) is 45.4. The Labute approximate surface area is 215 Å². The lowest BCUT2D eigenvalue weighted by molar-refractivity contribution is -0.119. The van der Waals surface area contributed by atoms with Crippen LogP contribution in [0, 0.1) is 5.92 Å². The normalized spacial score (nSPS) is 24.3.